The summed E-state index contributed by atoms with van der Waals surface area (Å²) in [6.45, 7) is 2.61. The van der Waals surface area contributed by atoms with Crippen LogP contribution in [-0.4, -0.2) is 45.8 Å². The number of nitrogens with zero attached hydrogens (tertiary/aromatic N) is 3. The van der Waals surface area contributed by atoms with E-state index < -0.39 is 12.1 Å². The van der Waals surface area contributed by atoms with Crippen molar-refractivity contribution in [2.75, 3.05) is 13.2 Å². The summed E-state index contributed by atoms with van der Waals surface area (Å²) in [5.74, 6) is -0.593. The molecule has 2 N–H and O–H groups in total. The normalized spacial score (nSPS) is 20.1. The van der Waals surface area contributed by atoms with Crippen LogP contribution in [0.25, 0.3) is 0 Å². The smallest absolute Gasteiger partial charge is 0.328 e. The van der Waals surface area contributed by atoms with E-state index >= 15 is 0 Å². The highest BCUT2D eigenvalue weighted by atomic mass is 16.5. The summed E-state index contributed by atoms with van der Waals surface area (Å²) in [6.07, 6.45) is 5.71. The van der Waals surface area contributed by atoms with Crippen molar-refractivity contribution in [1.29, 1.82) is 0 Å². The van der Waals surface area contributed by atoms with Crippen LogP contribution in [0, 0.1) is 0 Å². The lowest BCUT2D eigenvalue weighted by Crippen LogP contribution is -2.51. The van der Waals surface area contributed by atoms with E-state index in [0.717, 1.165) is 12.8 Å². The molecule has 116 valence electrons. The molecule has 7 nitrogen and oxygen atoms in total. The predicted octanol–water partition coefficient (Wildman–Crippen LogP) is 0.364. The zero-order valence-corrected chi connectivity index (χ0v) is 12.5. The number of hydrogen-bond donors (Lipinski definition) is 1. The first kappa shape index (κ1) is 15.5. The third-order valence-electron chi connectivity index (χ3n) is 3.69. The van der Waals surface area contributed by atoms with E-state index in [-0.39, 0.29) is 11.9 Å². The Morgan fingerprint density at radius 2 is 2.29 bits per heavy atom. The van der Waals surface area contributed by atoms with E-state index in [4.69, 9.17) is 10.5 Å². The highest BCUT2D eigenvalue weighted by Crippen LogP contribution is 2.22. The number of carbonyl (C=O) groups is 2. The largest absolute Gasteiger partial charge is 0.464 e. The Hall–Kier alpha value is -1.89. The second-order valence-electron chi connectivity index (χ2n) is 5.22. The van der Waals surface area contributed by atoms with Gasteiger partial charge >= 0.3 is 5.97 Å². The summed E-state index contributed by atoms with van der Waals surface area (Å²) in [5.41, 5.74) is 6.67. The second-order valence-corrected chi connectivity index (χ2v) is 5.22. The highest BCUT2D eigenvalue weighted by molar-refractivity contribution is 5.88. The van der Waals surface area contributed by atoms with Gasteiger partial charge in [0.1, 0.15) is 12.1 Å². The molecule has 0 radical (unpaired) electrons. The Balaban J connectivity index is 2.12. The maximum atomic E-state index is 12.6. The van der Waals surface area contributed by atoms with E-state index in [1.54, 1.807) is 35.9 Å². The minimum Gasteiger partial charge on any atom is -0.464 e. The van der Waals surface area contributed by atoms with E-state index in [9.17, 15) is 9.59 Å². The molecule has 2 heterocycles. The summed E-state index contributed by atoms with van der Waals surface area (Å²) < 4.78 is 6.66. The number of ether oxygens (including phenoxy) is 1. The number of carbonyl (C=O) groups excluding carboxylic acids is 2. The molecule has 1 fully saturated rings. The highest BCUT2D eigenvalue weighted by Gasteiger charge is 2.35. The van der Waals surface area contributed by atoms with Crippen molar-refractivity contribution in [1.82, 2.24) is 14.7 Å². The van der Waals surface area contributed by atoms with Crippen LogP contribution < -0.4 is 5.73 Å². The maximum absolute atomic E-state index is 12.6. The number of likely N-dealkylation sites (tertiary alicyclic amines) is 1. The van der Waals surface area contributed by atoms with Crippen molar-refractivity contribution in [3.05, 3.63) is 18.0 Å². The molecule has 7 heteroatoms. The van der Waals surface area contributed by atoms with Crippen molar-refractivity contribution in [2.45, 2.75) is 38.3 Å². The monoisotopic (exact) mass is 294 g/mol. The van der Waals surface area contributed by atoms with Gasteiger partial charge in [-0.15, -0.1) is 0 Å². The van der Waals surface area contributed by atoms with Crippen LogP contribution in [-0.2, 0) is 21.4 Å². The molecule has 0 aliphatic carbocycles. The number of rotatable bonds is 4. The first-order valence-electron chi connectivity index (χ1n) is 7.25. The predicted molar refractivity (Wildman–Crippen MR) is 76.1 cm³/mol. The lowest BCUT2D eigenvalue weighted by atomic mass is 10.00. The summed E-state index contributed by atoms with van der Waals surface area (Å²) in [6, 6.07) is -1.32. The maximum Gasteiger partial charge on any atom is 0.328 e. The fourth-order valence-corrected chi connectivity index (χ4v) is 2.60. The number of aryl methyl sites for hydroxylation is 1. The summed E-state index contributed by atoms with van der Waals surface area (Å²) in [7, 11) is 1.77. The molecule has 0 saturated carbocycles. The van der Waals surface area contributed by atoms with Crippen LogP contribution >= 0.6 is 0 Å². The van der Waals surface area contributed by atoms with Crippen LogP contribution in [0.1, 0.15) is 37.8 Å². The fraction of sp³-hybridized carbons (Fsp3) is 0.643. The molecule has 2 unspecified atom stereocenters. The molecule has 1 aromatic heterocycles. The topological polar surface area (TPSA) is 90.4 Å². The zero-order chi connectivity index (χ0) is 15.4. The Morgan fingerprint density at radius 3 is 2.90 bits per heavy atom. The Bertz CT molecular complexity index is 514. The lowest BCUT2D eigenvalue weighted by Gasteiger charge is -2.35. The van der Waals surface area contributed by atoms with Gasteiger partial charge < -0.3 is 15.4 Å². The molecule has 1 aliphatic heterocycles. The van der Waals surface area contributed by atoms with Crippen LogP contribution in [0.3, 0.4) is 0 Å². The molecule has 21 heavy (non-hydrogen) atoms. The van der Waals surface area contributed by atoms with E-state index in [1.807, 2.05) is 0 Å². The SMILES string of the molecule is CCOC(=O)C1CCCCN1C(=O)C(N)c1cnn(C)c1. The van der Waals surface area contributed by atoms with Gasteiger partial charge in [-0.05, 0) is 26.2 Å². The van der Waals surface area contributed by atoms with Crippen molar-refractivity contribution < 1.29 is 14.3 Å². The molecule has 1 aromatic rings. The van der Waals surface area contributed by atoms with Crippen LogP contribution in [0.4, 0.5) is 0 Å². The number of aromatic nitrogens is 2. The van der Waals surface area contributed by atoms with Crippen molar-refractivity contribution >= 4 is 11.9 Å². The van der Waals surface area contributed by atoms with E-state index in [1.165, 1.54) is 0 Å². The number of hydrogen-bond acceptors (Lipinski definition) is 5. The molecular weight excluding hydrogens is 272 g/mol. The van der Waals surface area contributed by atoms with Crippen LogP contribution in [0.5, 0.6) is 0 Å². The van der Waals surface area contributed by atoms with Gasteiger partial charge in [0.2, 0.25) is 5.91 Å². The Kier molecular flexibility index (Phi) is 4.95. The van der Waals surface area contributed by atoms with Gasteiger partial charge in [-0.2, -0.15) is 5.10 Å². The standard InChI is InChI=1S/C14H22N4O3/c1-3-21-14(20)11-6-4-5-7-18(11)13(19)12(15)10-8-16-17(2)9-10/h8-9,11-12H,3-7,15H2,1-2H3. The van der Waals surface area contributed by atoms with E-state index in [0.29, 0.717) is 25.1 Å². The summed E-state index contributed by atoms with van der Waals surface area (Å²) in [5, 5.41) is 4.02. The third-order valence-corrected chi connectivity index (χ3v) is 3.69. The molecule has 2 rings (SSSR count). The first-order valence-corrected chi connectivity index (χ1v) is 7.25. The summed E-state index contributed by atoms with van der Waals surface area (Å²) in [4.78, 5) is 26.1. The molecule has 1 amide bonds. The average Bonchev–Trinajstić information content (AvgIpc) is 2.92. The Labute approximate surface area is 124 Å². The summed E-state index contributed by atoms with van der Waals surface area (Å²) >= 11 is 0. The molecule has 2 atom stereocenters. The Morgan fingerprint density at radius 1 is 1.52 bits per heavy atom. The average molecular weight is 294 g/mol. The number of esters is 1. The van der Waals surface area contributed by atoms with Gasteiger partial charge in [-0.25, -0.2) is 4.79 Å². The lowest BCUT2D eigenvalue weighted by molar-refractivity contribution is -0.157. The first-order chi connectivity index (χ1) is 10.0. The molecule has 0 spiro atoms. The van der Waals surface area contributed by atoms with Crippen molar-refractivity contribution in [3.63, 3.8) is 0 Å². The van der Waals surface area contributed by atoms with Crippen LogP contribution in [0.15, 0.2) is 12.4 Å². The van der Waals surface area contributed by atoms with Gasteiger partial charge in [0.25, 0.3) is 0 Å². The molecule has 0 aromatic carbocycles. The number of amides is 1. The van der Waals surface area contributed by atoms with Crippen LogP contribution in [0.2, 0.25) is 0 Å². The molecular formula is C14H22N4O3. The molecule has 1 aliphatic rings. The van der Waals surface area contributed by atoms with Gasteiger partial charge in [-0.1, -0.05) is 0 Å². The number of piperidine rings is 1. The quantitative estimate of drug-likeness (QED) is 0.810. The van der Waals surface area contributed by atoms with Gasteiger partial charge in [0, 0.05) is 25.4 Å². The van der Waals surface area contributed by atoms with Gasteiger partial charge in [0.15, 0.2) is 0 Å². The minimum atomic E-state index is -0.797. The number of nitrogens with two attached hydrogens (primary N) is 1. The second kappa shape index (κ2) is 6.71. The molecule has 0 bridgehead atoms. The van der Waals surface area contributed by atoms with Gasteiger partial charge in [0.05, 0.1) is 12.8 Å². The van der Waals surface area contributed by atoms with Gasteiger partial charge in [-0.3, -0.25) is 9.48 Å². The molecule has 1 saturated heterocycles. The minimum absolute atomic E-state index is 0.249. The zero-order valence-electron chi connectivity index (χ0n) is 12.5. The fourth-order valence-electron chi connectivity index (χ4n) is 2.60. The van der Waals surface area contributed by atoms with Crippen molar-refractivity contribution in [2.24, 2.45) is 12.8 Å². The third kappa shape index (κ3) is 3.41. The van der Waals surface area contributed by atoms with Crippen molar-refractivity contribution in [3.8, 4) is 0 Å². The van der Waals surface area contributed by atoms with E-state index in [2.05, 4.69) is 5.10 Å².